The summed E-state index contributed by atoms with van der Waals surface area (Å²) in [6, 6.07) is 55.8. The van der Waals surface area contributed by atoms with Crippen molar-refractivity contribution in [2.24, 2.45) is 0 Å². The molecule has 2 heteroatoms. The normalized spacial score (nSPS) is 12.3. The molecule has 0 fully saturated rings. The lowest BCUT2D eigenvalue weighted by molar-refractivity contribution is 1.18. The molecular weight excluding hydrogens is 556 g/mol. The quantitative estimate of drug-likeness (QED) is 0.155. The number of aromatic amines is 1. The van der Waals surface area contributed by atoms with Gasteiger partial charge in [-0.2, -0.15) is 0 Å². The summed E-state index contributed by atoms with van der Waals surface area (Å²) < 4.78 is 2.46. The fourth-order valence-corrected chi connectivity index (χ4v) is 8.35. The van der Waals surface area contributed by atoms with E-state index in [4.69, 9.17) is 0 Å². The second kappa shape index (κ2) is 8.74. The lowest BCUT2D eigenvalue weighted by atomic mass is 9.87. The van der Waals surface area contributed by atoms with Crippen LogP contribution < -0.4 is 0 Å². The number of hydrogen-bond donors (Lipinski definition) is 1. The Bertz CT molecular complexity index is 3000. The first kappa shape index (κ1) is 24.2. The fraction of sp³-hybridized carbons (Fsp3) is 0. The molecule has 11 aromatic rings. The topological polar surface area (TPSA) is 20.7 Å². The van der Waals surface area contributed by atoms with Gasteiger partial charge in [-0.25, -0.2) is 0 Å². The predicted molar refractivity (Wildman–Crippen MR) is 197 cm³/mol. The highest BCUT2D eigenvalue weighted by Gasteiger charge is 2.21. The van der Waals surface area contributed by atoms with Crippen LogP contribution in [-0.2, 0) is 0 Å². The maximum atomic E-state index is 3.75. The van der Waals surface area contributed by atoms with Gasteiger partial charge in [0, 0.05) is 38.3 Å². The van der Waals surface area contributed by atoms with Gasteiger partial charge in [0.05, 0.1) is 11.0 Å². The Morgan fingerprint density at radius 1 is 0.326 bits per heavy atom. The molecule has 0 aliphatic rings. The molecular formula is C44H26N2. The minimum Gasteiger partial charge on any atom is -0.354 e. The number of hydrogen-bond acceptors (Lipinski definition) is 0. The van der Waals surface area contributed by atoms with Crippen LogP contribution in [0.15, 0.2) is 152 Å². The number of fused-ring (bicyclic) bond motifs is 10. The number of benzene rings is 9. The van der Waals surface area contributed by atoms with E-state index in [9.17, 15) is 0 Å². The maximum absolute atomic E-state index is 3.75. The first-order chi connectivity index (χ1) is 22.8. The van der Waals surface area contributed by atoms with Gasteiger partial charge in [-0.15, -0.1) is 0 Å². The third-order valence-electron chi connectivity index (χ3n) is 10.2. The van der Waals surface area contributed by atoms with Gasteiger partial charge in [0.25, 0.3) is 0 Å². The highest BCUT2D eigenvalue weighted by Crippen LogP contribution is 2.47. The summed E-state index contributed by atoms with van der Waals surface area (Å²) in [5.41, 5.74) is 8.44. The van der Waals surface area contributed by atoms with Crippen LogP contribution in [0.2, 0.25) is 0 Å². The van der Waals surface area contributed by atoms with E-state index in [-0.39, 0.29) is 0 Å². The molecule has 2 heterocycles. The van der Waals surface area contributed by atoms with Crippen molar-refractivity contribution in [1.29, 1.82) is 0 Å². The molecule has 0 spiro atoms. The predicted octanol–water partition coefficient (Wildman–Crippen LogP) is 12.1. The van der Waals surface area contributed by atoms with Gasteiger partial charge in [0.1, 0.15) is 0 Å². The Morgan fingerprint density at radius 2 is 0.913 bits per heavy atom. The molecule has 0 saturated carbocycles. The zero-order chi connectivity index (χ0) is 29.9. The van der Waals surface area contributed by atoms with Gasteiger partial charge in [0.2, 0.25) is 0 Å². The first-order valence-corrected chi connectivity index (χ1v) is 16.0. The lowest BCUT2D eigenvalue weighted by Gasteiger charge is -2.17. The molecule has 11 rings (SSSR count). The summed E-state index contributed by atoms with van der Waals surface area (Å²) in [5.74, 6) is 0. The number of nitrogens with one attached hydrogen (secondary N) is 1. The zero-order valence-electron chi connectivity index (χ0n) is 24.9. The molecule has 0 saturated heterocycles. The van der Waals surface area contributed by atoms with E-state index >= 15 is 0 Å². The van der Waals surface area contributed by atoms with Gasteiger partial charge in [-0.1, -0.05) is 115 Å². The van der Waals surface area contributed by atoms with Crippen molar-refractivity contribution in [1.82, 2.24) is 9.55 Å². The van der Waals surface area contributed by atoms with Crippen LogP contribution >= 0.6 is 0 Å². The number of nitrogens with zero attached hydrogens (tertiary/aromatic N) is 1. The zero-order valence-corrected chi connectivity index (χ0v) is 24.9. The summed E-state index contributed by atoms with van der Waals surface area (Å²) in [7, 11) is 0. The molecule has 2 aromatic heterocycles. The van der Waals surface area contributed by atoms with Crippen molar-refractivity contribution in [3.63, 3.8) is 0 Å². The van der Waals surface area contributed by atoms with Gasteiger partial charge in [-0.3, -0.25) is 0 Å². The van der Waals surface area contributed by atoms with Crippen molar-refractivity contribution in [3.05, 3.63) is 152 Å². The van der Waals surface area contributed by atoms with Gasteiger partial charge < -0.3 is 9.55 Å². The molecule has 212 valence electrons. The average Bonchev–Trinajstić information content (AvgIpc) is 3.66. The van der Waals surface area contributed by atoms with Crippen LogP contribution in [0, 0.1) is 0 Å². The van der Waals surface area contributed by atoms with E-state index in [0.717, 1.165) is 0 Å². The van der Waals surface area contributed by atoms with E-state index in [1.807, 2.05) is 0 Å². The molecule has 0 amide bonds. The molecule has 0 bridgehead atoms. The highest BCUT2D eigenvalue weighted by atomic mass is 15.0. The van der Waals surface area contributed by atoms with Crippen LogP contribution in [0.3, 0.4) is 0 Å². The fourth-order valence-electron chi connectivity index (χ4n) is 8.35. The van der Waals surface area contributed by atoms with Gasteiger partial charge in [-0.05, 0) is 90.6 Å². The van der Waals surface area contributed by atoms with Crippen molar-refractivity contribution in [2.45, 2.75) is 0 Å². The molecule has 0 aliphatic heterocycles. The van der Waals surface area contributed by atoms with Crippen molar-refractivity contribution >= 4 is 86.7 Å². The Hall–Kier alpha value is -6.12. The third-order valence-corrected chi connectivity index (χ3v) is 10.2. The largest absolute Gasteiger partial charge is 0.354 e. The Labute approximate surface area is 264 Å². The number of rotatable bonds is 2. The molecule has 9 aromatic carbocycles. The number of para-hydroxylation sites is 2. The van der Waals surface area contributed by atoms with Crippen LogP contribution in [-0.4, -0.2) is 9.55 Å². The van der Waals surface area contributed by atoms with E-state index in [1.165, 1.54) is 104 Å². The molecule has 2 nitrogen and oxygen atoms in total. The third kappa shape index (κ3) is 3.05. The average molecular weight is 583 g/mol. The molecule has 46 heavy (non-hydrogen) atoms. The summed E-state index contributed by atoms with van der Waals surface area (Å²) in [4.78, 5) is 3.75. The molecule has 0 radical (unpaired) electrons. The Morgan fingerprint density at radius 3 is 1.70 bits per heavy atom. The standard InChI is InChI=1S/C44H26N2/c1-2-10-26(11-3-1)27-20-22-28(23-21-27)46-39-19-7-5-13-32(39)44-34-17-9-15-30-29-14-8-16-33-41(29)35(36(42(30)34)25-40(44)46)24-38-43(33)31-12-4-6-18-37(31)45-38/h1-25,45H. The minimum atomic E-state index is 1.17. The summed E-state index contributed by atoms with van der Waals surface area (Å²) >= 11 is 0. The SMILES string of the molecule is c1ccc(-c2ccc(-n3c4ccccc4c4c5cccc6c7cccc8c9c(cc(c(cc43)c65)c78)[nH]c3ccccc39)cc2)cc1. The molecule has 1 N–H and O–H groups in total. The van der Waals surface area contributed by atoms with Gasteiger partial charge in [0.15, 0.2) is 0 Å². The summed E-state index contributed by atoms with van der Waals surface area (Å²) in [6.45, 7) is 0. The Balaban J connectivity index is 1.32. The monoisotopic (exact) mass is 582 g/mol. The summed E-state index contributed by atoms with van der Waals surface area (Å²) in [6.07, 6.45) is 0. The molecule has 0 unspecified atom stereocenters. The van der Waals surface area contributed by atoms with Crippen molar-refractivity contribution < 1.29 is 0 Å². The second-order valence-electron chi connectivity index (χ2n) is 12.6. The molecule has 0 atom stereocenters. The van der Waals surface area contributed by atoms with Crippen LogP contribution in [0.5, 0.6) is 0 Å². The number of aromatic nitrogens is 2. The molecule has 0 aliphatic carbocycles. The van der Waals surface area contributed by atoms with Crippen LogP contribution in [0.1, 0.15) is 0 Å². The maximum Gasteiger partial charge on any atom is 0.0553 e. The van der Waals surface area contributed by atoms with E-state index in [0.29, 0.717) is 0 Å². The van der Waals surface area contributed by atoms with Gasteiger partial charge >= 0.3 is 0 Å². The highest BCUT2D eigenvalue weighted by molar-refractivity contribution is 6.41. The van der Waals surface area contributed by atoms with Crippen LogP contribution in [0.4, 0.5) is 0 Å². The van der Waals surface area contributed by atoms with E-state index in [2.05, 4.69) is 161 Å². The van der Waals surface area contributed by atoms with E-state index in [1.54, 1.807) is 0 Å². The van der Waals surface area contributed by atoms with Crippen LogP contribution in [0.25, 0.3) is 104 Å². The summed E-state index contributed by atoms with van der Waals surface area (Å²) in [5, 5.41) is 15.7. The van der Waals surface area contributed by atoms with Crippen molar-refractivity contribution in [2.75, 3.05) is 0 Å². The van der Waals surface area contributed by atoms with E-state index < -0.39 is 0 Å². The second-order valence-corrected chi connectivity index (χ2v) is 12.6. The minimum absolute atomic E-state index is 1.17. The smallest absolute Gasteiger partial charge is 0.0553 e. The number of H-pyrrole nitrogens is 1. The lowest BCUT2D eigenvalue weighted by Crippen LogP contribution is -1.94. The Kier molecular flexibility index (Phi) is 4.61. The first-order valence-electron chi connectivity index (χ1n) is 16.0. The van der Waals surface area contributed by atoms with Crippen molar-refractivity contribution in [3.8, 4) is 16.8 Å².